The predicted octanol–water partition coefficient (Wildman–Crippen LogP) is -0.251. The van der Waals surface area contributed by atoms with E-state index in [1.807, 2.05) is 0 Å². The Morgan fingerprint density at radius 3 is 1.54 bits per heavy atom. The molecule has 0 N–H and O–H groups in total. The van der Waals surface area contributed by atoms with E-state index in [0.717, 1.165) is 7.25 Å². The molecule has 0 bridgehead atoms. The molecule has 135 valence electrons. The van der Waals surface area contributed by atoms with E-state index in [1.54, 1.807) is 11.1 Å². The first kappa shape index (κ1) is 21.9. The van der Waals surface area contributed by atoms with Crippen LogP contribution < -0.4 is 24.8 Å². The third-order valence-corrected chi connectivity index (χ3v) is 27.1. The van der Waals surface area contributed by atoms with E-state index < -0.39 is 26.8 Å². The third kappa shape index (κ3) is 3.63. The molecule has 2 aromatic rings. The maximum atomic E-state index is 2.61. The molecule has 0 spiro atoms. The summed E-state index contributed by atoms with van der Waals surface area (Å²) in [5.41, 5.74) is 9.19. The van der Waals surface area contributed by atoms with Crippen LogP contribution in [0.25, 0.3) is 12.2 Å². The number of allylic oxidation sites excluding steroid dienone is 2. The molecule has 4 heteroatoms. The first-order valence-electron chi connectivity index (χ1n) is 9.00. The standard InChI is InChI=1S/2C10H9.C2H7Si.2ClH.Zr/c2*1-8-4-2-5-9-6-3-7-10(8)9;1-3-2;;;/h2*2-7H,1H3;3H,1-2H3;2*1H;/q;;;;;+2/p-2. The van der Waals surface area contributed by atoms with Gasteiger partial charge in [0.2, 0.25) is 0 Å². The Kier molecular flexibility index (Phi) is 7.36. The third-order valence-electron chi connectivity index (χ3n) is 5.68. The second-order valence-electron chi connectivity index (χ2n) is 7.48. The van der Waals surface area contributed by atoms with Gasteiger partial charge in [-0.25, -0.2) is 0 Å². The molecule has 4 rings (SSSR count). The first-order chi connectivity index (χ1) is 11.6. The summed E-state index contributed by atoms with van der Waals surface area (Å²) in [5.74, 6) is -0.647. The molecule has 0 nitrogen and oxygen atoms in total. The van der Waals surface area contributed by atoms with Crippen molar-refractivity contribution >= 4 is 18.1 Å². The number of hydrogen-bond donors (Lipinski definition) is 0. The summed E-state index contributed by atoms with van der Waals surface area (Å²) in [4.78, 5) is 0. The normalized spacial score (nSPS) is 19.0. The summed E-state index contributed by atoms with van der Waals surface area (Å²) < 4.78 is 1.55. The van der Waals surface area contributed by atoms with Crippen molar-refractivity contribution in [2.45, 2.75) is 34.2 Å². The van der Waals surface area contributed by atoms with Crippen molar-refractivity contribution in [1.29, 1.82) is 0 Å². The van der Waals surface area contributed by atoms with Crippen LogP contribution in [0.1, 0.15) is 40.6 Å². The zero-order valence-corrected chi connectivity index (χ0v) is 20.9. The number of rotatable bonds is 3. The van der Waals surface area contributed by atoms with Crippen LogP contribution in [0.3, 0.4) is 0 Å². The fourth-order valence-electron chi connectivity index (χ4n) is 4.49. The Labute approximate surface area is 178 Å². The van der Waals surface area contributed by atoms with Crippen molar-refractivity contribution < 1.29 is 45.7 Å². The van der Waals surface area contributed by atoms with Gasteiger partial charge in [-0.15, -0.1) is 0 Å². The topological polar surface area (TPSA) is 0 Å². The van der Waals surface area contributed by atoms with Gasteiger partial charge in [0.05, 0.1) is 0 Å². The molecule has 0 saturated carbocycles. The van der Waals surface area contributed by atoms with E-state index in [9.17, 15) is 0 Å². The van der Waals surface area contributed by atoms with E-state index in [0.29, 0.717) is 0 Å². The molecule has 0 aromatic heterocycles. The van der Waals surface area contributed by atoms with E-state index in [-0.39, 0.29) is 24.8 Å². The van der Waals surface area contributed by atoms with Crippen LogP contribution >= 0.6 is 0 Å². The molecule has 0 amide bonds. The van der Waals surface area contributed by atoms with Gasteiger partial charge < -0.3 is 24.8 Å². The van der Waals surface area contributed by atoms with Crippen LogP contribution in [-0.4, -0.2) is 5.92 Å². The molecule has 2 aliphatic carbocycles. The molecule has 0 aliphatic heterocycles. The van der Waals surface area contributed by atoms with Gasteiger partial charge in [0, 0.05) is 0 Å². The van der Waals surface area contributed by atoms with Crippen molar-refractivity contribution in [3.63, 3.8) is 0 Å². The van der Waals surface area contributed by atoms with Gasteiger partial charge in [0.15, 0.2) is 0 Å². The number of aryl methyl sites for hydroxylation is 2. The summed E-state index contributed by atoms with van der Waals surface area (Å²) in [6.07, 6.45) is 9.98. The zero-order chi connectivity index (χ0) is 16.8. The zero-order valence-electron chi connectivity index (χ0n) is 15.8. The van der Waals surface area contributed by atoms with E-state index in [2.05, 4.69) is 87.6 Å². The molecule has 0 fully saturated rings. The molecule has 2 aliphatic rings. The minimum absolute atomic E-state index is 0. The number of fused-ring (bicyclic) bond motifs is 2. The SMILES string of the molecule is Cc1cccc2c1C=C[CH]2[Zr+2]([CH]1C=Cc2c(C)cccc21)[SiH](C)C.[Cl-].[Cl-]. The van der Waals surface area contributed by atoms with Crippen LogP contribution in [0.5, 0.6) is 0 Å². The molecule has 2 aromatic carbocycles. The molecule has 2 unspecified atom stereocenters. The molecule has 0 heterocycles. The fraction of sp³-hybridized carbons (Fsp3) is 0.273. The van der Waals surface area contributed by atoms with E-state index in [4.69, 9.17) is 0 Å². The van der Waals surface area contributed by atoms with Crippen molar-refractivity contribution in [3.8, 4) is 0 Å². The Balaban J connectivity index is 0.00000121. The van der Waals surface area contributed by atoms with Gasteiger partial charge in [0.25, 0.3) is 0 Å². The minimum atomic E-state index is -1.67. The Hall–Kier alpha value is -0.400. The number of halogens is 2. The van der Waals surface area contributed by atoms with Crippen molar-refractivity contribution in [2.24, 2.45) is 0 Å². The summed E-state index contributed by atoms with van der Waals surface area (Å²) >= 11 is -1.67. The Morgan fingerprint density at radius 2 is 1.15 bits per heavy atom. The number of hydrogen-bond acceptors (Lipinski definition) is 0. The van der Waals surface area contributed by atoms with Crippen molar-refractivity contribution in [2.75, 3.05) is 0 Å². The van der Waals surface area contributed by atoms with Gasteiger partial charge in [-0.05, 0) is 0 Å². The molecule has 2 atom stereocenters. The maximum absolute atomic E-state index is 2.61. The quantitative estimate of drug-likeness (QED) is 0.533. The molecular weight excluding hydrogens is 454 g/mol. The van der Waals surface area contributed by atoms with Gasteiger partial charge in [-0.3, -0.25) is 0 Å². The van der Waals surface area contributed by atoms with E-state index in [1.165, 1.54) is 22.3 Å². The fourth-order valence-corrected chi connectivity index (χ4v) is 25.5. The van der Waals surface area contributed by atoms with Gasteiger partial charge in [-0.2, -0.15) is 0 Å². The molecule has 0 radical (unpaired) electrons. The smallest absolute Gasteiger partial charge is 1.00 e. The van der Waals surface area contributed by atoms with Crippen LogP contribution in [0.4, 0.5) is 0 Å². The summed E-state index contributed by atoms with van der Waals surface area (Å²) in [7, 11) is 0. The van der Waals surface area contributed by atoms with Gasteiger partial charge >= 0.3 is 155 Å². The van der Waals surface area contributed by atoms with Crippen LogP contribution in [0.15, 0.2) is 48.6 Å². The summed E-state index contributed by atoms with van der Waals surface area (Å²) in [6.45, 7) is 9.74. The summed E-state index contributed by atoms with van der Waals surface area (Å²) in [5, 5.41) is 0. The second kappa shape index (κ2) is 8.74. The average molecular weight is 480 g/mol. The summed E-state index contributed by atoms with van der Waals surface area (Å²) in [6, 6.07) is 13.9. The van der Waals surface area contributed by atoms with Crippen LogP contribution in [-0.2, 0) is 20.9 Å². The average Bonchev–Trinajstić information content (AvgIpc) is 3.15. The number of benzene rings is 2. The second-order valence-corrected chi connectivity index (χ2v) is 27.8. The molecule has 26 heavy (non-hydrogen) atoms. The van der Waals surface area contributed by atoms with Crippen LogP contribution in [0, 0.1) is 13.8 Å². The molecular formula is C22H25Cl2SiZr. The van der Waals surface area contributed by atoms with Crippen molar-refractivity contribution in [1.82, 2.24) is 0 Å². The van der Waals surface area contributed by atoms with Crippen molar-refractivity contribution in [3.05, 3.63) is 81.9 Å². The monoisotopic (exact) mass is 477 g/mol. The van der Waals surface area contributed by atoms with Crippen LogP contribution in [0.2, 0.25) is 13.1 Å². The Bertz CT molecular complexity index is 790. The largest absolute Gasteiger partial charge is 1.00 e. The van der Waals surface area contributed by atoms with Gasteiger partial charge in [-0.1, -0.05) is 0 Å². The minimum Gasteiger partial charge on any atom is -1.00 e. The maximum Gasteiger partial charge on any atom is -1.00 e. The molecule has 0 saturated heterocycles. The first-order valence-corrected chi connectivity index (χ1v) is 19.0. The van der Waals surface area contributed by atoms with E-state index >= 15 is 0 Å². The Morgan fingerprint density at radius 1 is 0.731 bits per heavy atom. The van der Waals surface area contributed by atoms with Gasteiger partial charge in [0.1, 0.15) is 0 Å². The predicted molar refractivity (Wildman–Crippen MR) is 105 cm³/mol.